The summed E-state index contributed by atoms with van der Waals surface area (Å²) in [5, 5.41) is 9.90. The summed E-state index contributed by atoms with van der Waals surface area (Å²) in [4.78, 5) is 3.59. The molecule has 0 aromatic carbocycles. The largest absolute Gasteiger partial charge is 0.355 e. The number of hydrogen-bond acceptors (Lipinski definition) is 5. The van der Waals surface area contributed by atoms with Gasteiger partial charge in [0.1, 0.15) is 0 Å². The van der Waals surface area contributed by atoms with Gasteiger partial charge in [0.05, 0.1) is 10.6 Å². The number of aromatic nitrogens is 1. The van der Waals surface area contributed by atoms with E-state index in [0.29, 0.717) is 6.04 Å². The maximum Gasteiger partial charge on any atom is 0.177 e. The predicted octanol–water partition coefficient (Wildman–Crippen LogP) is 3.37. The molecule has 2 aromatic heterocycles. The molecule has 0 aliphatic carbocycles. The van der Waals surface area contributed by atoms with Gasteiger partial charge in [0.2, 0.25) is 0 Å². The molecule has 0 bridgehead atoms. The van der Waals surface area contributed by atoms with E-state index in [1.807, 2.05) is 6.07 Å². The lowest BCUT2D eigenvalue weighted by atomic mass is 10.0. The van der Waals surface area contributed by atoms with Crippen molar-refractivity contribution in [3.63, 3.8) is 0 Å². The van der Waals surface area contributed by atoms with Gasteiger partial charge in [0.15, 0.2) is 5.76 Å². The minimum Gasteiger partial charge on any atom is -0.355 e. The lowest BCUT2D eigenvalue weighted by molar-refractivity contribution is 0.221. The highest BCUT2D eigenvalue weighted by Crippen LogP contribution is 2.25. The number of hydrogen-bond donors (Lipinski definition) is 1. The topological polar surface area (TPSA) is 41.3 Å². The molecule has 114 valence electrons. The summed E-state index contributed by atoms with van der Waals surface area (Å²) in [6.45, 7) is 6.37. The van der Waals surface area contributed by atoms with Crippen molar-refractivity contribution in [2.75, 3.05) is 19.6 Å². The van der Waals surface area contributed by atoms with Crippen molar-refractivity contribution >= 4 is 11.3 Å². The molecule has 1 atom stereocenters. The maximum absolute atomic E-state index is 5.46. The zero-order valence-electron chi connectivity index (χ0n) is 12.5. The van der Waals surface area contributed by atoms with Crippen LogP contribution >= 0.6 is 11.3 Å². The Morgan fingerprint density at radius 3 is 3.14 bits per heavy atom. The van der Waals surface area contributed by atoms with E-state index in [1.54, 1.807) is 11.3 Å². The summed E-state index contributed by atoms with van der Waals surface area (Å²) >= 11 is 1.69. The Bertz CT molecular complexity index is 531. The molecule has 0 amide bonds. The molecule has 3 heterocycles. The molecular weight excluding hydrogens is 282 g/mol. The fraction of sp³-hybridized carbons (Fsp3) is 0.562. The van der Waals surface area contributed by atoms with Gasteiger partial charge in [-0.15, -0.1) is 11.3 Å². The Morgan fingerprint density at radius 1 is 1.48 bits per heavy atom. The summed E-state index contributed by atoms with van der Waals surface area (Å²) in [7, 11) is 0. The highest BCUT2D eigenvalue weighted by molar-refractivity contribution is 7.13. The van der Waals surface area contributed by atoms with Crippen molar-refractivity contribution in [3.05, 3.63) is 29.3 Å². The third-order valence-electron chi connectivity index (χ3n) is 4.05. The molecule has 1 unspecified atom stereocenters. The number of piperidine rings is 1. The minimum absolute atomic E-state index is 0.627. The van der Waals surface area contributed by atoms with Crippen LogP contribution < -0.4 is 5.32 Å². The molecule has 1 saturated heterocycles. The molecule has 5 heteroatoms. The van der Waals surface area contributed by atoms with Crippen molar-refractivity contribution in [2.24, 2.45) is 0 Å². The van der Waals surface area contributed by atoms with Crippen molar-refractivity contribution in [3.8, 4) is 10.6 Å². The highest BCUT2D eigenvalue weighted by Gasteiger charge is 2.17. The molecule has 3 rings (SSSR count). The average molecular weight is 305 g/mol. The third-order valence-corrected chi connectivity index (χ3v) is 4.93. The Hall–Kier alpha value is -1.17. The van der Waals surface area contributed by atoms with Gasteiger partial charge >= 0.3 is 0 Å². The van der Waals surface area contributed by atoms with E-state index in [4.69, 9.17) is 4.52 Å². The van der Waals surface area contributed by atoms with Crippen LogP contribution in [0.15, 0.2) is 28.1 Å². The summed E-state index contributed by atoms with van der Waals surface area (Å²) in [5.41, 5.74) is 1.02. The second kappa shape index (κ2) is 7.20. The van der Waals surface area contributed by atoms with Gasteiger partial charge in [-0.05, 0) is 37.4 Å². The minimum atomic E-state index is 0.627. The first-order valence-corrected chi connectivity index (χ1v) is 8.68. The van der Waals surface area contributed by atoms with Crippen LogP contribution in [0.5, 0.6) is 0 Å². The standard InChI is InChI=1S/C16H23N3OS/c1-2-19(11-13-6-3-4-8-17-13)12-14-10-15(20-18-14)16-7-5-9-21-16/h5,7,9-10,13,17H,2-4,6,8,11-12H2,1H3. The van der Waals surface area contributed by atoms with E-state index in [9.17, 15) is 0 Å². The molecule has 0 saturated carbocycles. The van der Waals surface area contributed by atoms with Crippen LogP contribution in [0.2, 0.25) is 0 Å². The van der Waals surface area contributed by atoms with Crippen LogP contribution in [0.1, 0.15) is 31.9 Å². The molecule has 1 fully saturated rings. The van der Waals surface area contributed by atoms with E-state index < -0.39 is 0 Å². The lowest BCUT2D eigenvalue weighted by Gasteiger charge is -2.29. The number of nitrogens with one attached hydrogen (secondary N) is 1. The normalized spacial score (nSPS) is 19.2. The lowest BCUT2D eigenvalue weighted by Crippen LogP contribution is -2.43. The van der Waals surface area contributed by atoms with E-state index in [2.05, 4.69) is 39.8 Å². The van der Waals surface area contributed by atoms with Gasteiger partial charge in [-0.2, -0.15) is 0 Å². The fourth-order valence-corrected chi connectivity index (χ4v) is 3.52. The van der Waals surface area contributed by atoms with Gasteiger partial charge in [0, 0.05) is 25.2 Å². The van der Waals surface area contributed by atoms with Crippen molar-refractivity contribution < 1.29 is 4.52 Å². The average Bonchev–Trinajstić information content (AvgIpc) is 3.18. The Labute approximate surface area is 130 Å². The SMILES string of the molecule is CCN(Cc1cc(-c2cccs2)on1)CC1CCCCN1. The Balaban J connectivity index is 1.58. The summed E-state index contributed by atoms with van der Waals surface area (Å²) in [5.74, 6) is 0.881. The van der Waals surface area contributed by atoms with Gasteiger partial charge in [0.25, 0.3) is 0 Å². The number of thiophene rings is 1. The molecule has 1 N–H and O–H groups in total. The van der Waals surface area contributed by atoms with Crippen LogP contribution in [0.25, 0.3) is 10.6 Å². The molecule has 0 radical (unpaired) electrons. The molecule has 4 nitrogen and oxygen atoms in total. The van der Waals surface area contributed by atoms with Crippen molar-refractivity contribution in [2.45, 2.75) is 38.8 Å². The van der Waals surface area contributed by atoms with Gasteiger partial charge in [-0.3, -0.25) is 4.90 Å². The quantitative estimate of drug-likeness (QED) is 0.888. The van der Waals surface area contributed by atoms with E-state index in [-0.39, 0.29) is 0 Å². The number of rotatable bonds is 6. The first-order chi connectivity index (χ1) is 10.3. The van der Waals surface area contributed by atoms with Gasteiger partial charge in [-0.25, -0.2) is 0 Å². The Morgan fingerprint density at radius 2 is 2.43 bits per heavy atom. The van der Waals surface area contributed by atoms with Gasteiger partial charge in [-0.1, -0.05) is 24.6 Å². The van der Waals surface area contributed by atoms with Gasteiger partial charge < -0.3 is 9.84 Å². The first kappa shape index (κ1) is 14.8. The molecule has 2 aromatic rings. The van der Waals surface area contributed by atoms with Crippen LogP contribution in [0.3, 0.4) is 0 Å². The summed E-state index contributed by atoms with van der Waals surface area (Å²) < 4.78 is 5.46. The summed E-state index contributed by atoms with van der Waals surface area (Å²) in [6.07, 6.45) is 3.95. The van der Waals surface area contributed by atoms with Crippen molar-refractivity contribution in [1.82, 2.24) is 15.4 Å². The number of nitrogens with zero attached hydrogens (tertiary/aromatic N) is 2. The number of likely N-dealkylation sites (N-methyl/N-ethyl adjacent to an activating group) is 1. The van der Waals surface area contributed by atoms with E-state index in [1.165, 1.54) is 19.3 Å². The molecule has 1 aliphatic heterocycles. The first-order valence-electron chi connectivity index (χ1n) is 7.80. The molecule has 0 spiro atoms. The second-order valence-electron chi connectivity index (χ2n) is 5.63. The second-order valence-corrected chi connectivity index (χ2v) is 6.58. The zero-order valence-corrected chi connectivity index (χ0v) is 13.4. The van der Waals surface area contributed by atoms with E-state index >= 15 is 0 Å². The molecular formula is C16H23N3OS. The van der Waals surface area contributed by atoms with Crippen LogP contribution in [0, 0.1) is 0 Å². The van der Waals surface area contributed by atoms with Crippen molar-refractivity contribution in [1.29, 1.82) is 0 Å². The van der Waals surface area contributed by atoms with Crippen LogP contribution in [0.4, 0.5) is 0 Å². The highest BCUT2D eigenvalue weighted by atomic mass is 32.1. The fourth-order valence-electron chi connectivity index (χ4n) is 2.85. The monoisotopic (exact) mass is 305 g/mol. The molecule has 21 heavy (non-hydrogen) atoms. The molecule has 1 aliphatic rings. The van der Waals surface area contributed by atoms with Crippen LogP contribution in [-0.2, 0) is 6.54 Å². The summed E-state index contributed by atoms with van der Waals surface area (Å²) in [6, 6.07) is 6.80. The van der Waals surface area contributed by atoms with Crippen LogP contribution in [-0.4, -0.2) is 35.7 Å². The van der Waals surface area contributed by atoms with E-state index in [0.717, 1.165) is 42.5 Å². The maximum atomic E-state index is 5.46. The smallest absolute Gasteiger partial charge is 0.177 e. The predicted molar refractivity (Wildman–Crippen MR) is 86.4 cm³/mol. The zero-order chi connectivity index (χ0) is 14.5. The Kier molecular flexibility index (Phi) is 5.06. The third kappa shape index (κ3) is 3.93.